The second-order valence-electron chi connectivity index (χ2n) is 4.78. The molecule has 1 fully saturated rings. The van der Waals surface area contributed by atoms with Crippen molar-refractivity contribution in [1.29, 1.82) is 0 Å². The Bertz CT molecular complexity index is 361. The topological polar surface area (TPSA) is 19.4 Å². The molecule has 2 heterocycles. The zero-order chi connectivity index (χ0) is 12.3. The summed E-state index contributed by atoms with van der Waals surface area (Å²) in [6.45, 7) is 2.34. The summed E-state index contributed by atoms with van der Waals surface area (Å²) in [5.41, 5.74) is 2.35. The van der Waals surface area contributed by atoms with E-state index in [0.29, 0.717) is 11.9 Å². The van der Waals surface area contributed by atoms with Gasteiger partial charge in [-0.15, -0.1) is 11.6 Å². The maximum atomic E-state index is 5.98. The maximum absolute atomic E-state index is 5.98. The van der Waals surface area contributed by atoms with Crippen LogP contribution in [0.25, 0.3) is 0 Å². The Hall–Kier alpha value is -0.800. The first-order chi connectivity index (χ1) is 8.22. The van der Waals surface area contributed by atoms with Crippen molar-refractivity contribution in [2.45, 2.75) is 24.8 Å². The first kappa shape index (κ1) is 12.7. The van der Waals surface area contributed by atoms with Gasteiger partial charge in [0.05, 0.1) is 11.9 Å². The number of nitrogens with zero attached hydrogens (tertiary/aromatic N) is 3. The van der Waals surface area contributed by atoms with Crippen LogP contribution in [0.2, 0.25) is 0 Å². The molecule has 1 aliphatic rings. The first-order valence-electron chi connectivity index (χ1n) is 6.12. The van der Waals surface area contributed by atoms with Gasteiger partial charge in [-0.05, 0) is 44.6 Å². The lowest BCUT2D eigenvalue weighted by atomic mass is 10.0. The molecule has 17 heavy (non-hydrogen) atoms. The zero-order valence-corrected chi connectivity index (χ0v) is 11.3. The fourth-order valence-electron chi connectivity index (χ4n) is 2.42. The summed E-state index contributed by atoms with van der Waals surface area (Å²) in [5.74, 6) is 0.550. The van der Waals surface area contributed by atoms with Gasteiger partial charge in [0.1, 0.15) is 0 Å². The molecule has 1 aromatic heterocycles. The Morgan fingerprint density at radius 2 is 2.18 bits per heavy atom. The minimum absolute atomic E-state index is 0.550. The smallest absolute Gasteiger partial charge is 0.0597 e. The number of pyridine rings is 1. The molecule has 0 unspecified atom stereocenters. The van der Waals surface area contributed by atoms with Crippen LogP contribution in [0.1, 0.15) is 18.4 Å². The highest BCUT2D eigenvalue weighted by molar-refractivity contribution is 6.17. The molecule has 0 saturated carbocycles. The Morgan fingerprint density at radius 1 is 1.47 bits per heavy atom. The largest absolute Gasteiger partial charge is 0.370 e. The highest BCUT2D eigenvalue weighted by Gasteiger charge is 2.22. The second-order valence-corrected chi connectivity index (χ2v) is 5.05. The average Bonchev–Trinajstić information content (AvgIpc) is 2.39. The molecule has 0 aliphatic carbocycles. The lowest BCUT2D eigenvalue weighted by Crippen LogP contribution is -2.42. The SMILES string of the molecule is CN1CCC(N(C)c2cnccc2CCl)CC1. The molecule has 0 bridgehead atoms. The van der Waals surface area contributed by atoms with Gasteiger partial charge in [-0.2, -0.15) is 0 Å². The fourth-order valence-corrected chi connectivity index (χ4v) is 2.65. The van der Waals surface area contributed by atoms with Crippen molar-refractivity contribution in [2.24, 2.45) is 0 Å². The number of rotatable bonds is 3. The van der Waals surface area contributed by atoms with Gasteiger partial charge >= 0.3 is 0 Å². The van der Waals surface area contributed by atoms with Gasteiger partial charge in [0, 0.05) is 25.2 Å². The Morgan fingerprint density at radius 3 is 2.82 bits per heavy atom. The van der Waals surface area contributed by atoms with E-state index in [2.05, 4.69) is 28.9 Å². The van der Waals surface area contributed by atoms with Crippen molar-refractivity contribution in [3.05, 3.63) is 24.0 Å². The van der Waals surface area contributed by atoms with Crippen LogP contribution in [-0.2, 0) is 5.88 Å². The minimum Gasteiger partial charge on any atom is -0.370 e. The van der Waals surface area contributed by atoms with E-state index in [-0.39, 0.29) is 0 Å². The van der Waals surface area contributed by atoms with E-state index in [4.69, 9.17) is 11.6 Å². The van der Waals surface area contributed by atoms with E-state index in [9.17, 15) is 0 Å². The van der Waals surface area contributed by atoms with Crippen LogP contribution < -0.4 is 4.90 Å². The number of aromatic nitrogens is 1. The Balaban J connectivity index is 2.10. The van der Waals surface area contributed by atoms with E-state index < -0.39 is 0 Å². The van der Waals surface area contributed by atoms with Crippen LogP contribution >= 0.6 is 11.6 Å². The summed E-state index contributed by atoms with van der Waals surface area (Å²) in [6, 6.07) is 2.62. The van der Waals surface area contributed by atoms with Crippen molar-refractivity contribution in [1.82, 2.24) is 9.88 Å². The molecule has 0 atom stereocenters. The molecule has 2 rings (SSSR count). The molecule has 0 spiro atoms. The predicted octanol–water partition coefficient (Wildman–Crippen LogP) is 2.35. The van der Waals surface area contributed by atoms with Crippen molar-refractivity contribution in [3.8, 4) is 0 Å². The van der Waals surface area contributed by atoms with Gasteiger partial charge in [0.25, 0.3) is 0 Å². The Labute approximate surface area is 108 Å². The molecule has 94 valence electrons. The molecule has 0 amide bonds. The number of piperidine rings is 1. The van der Waals surface area contributed by atoms with E-state index in [1.165, 1.54) is 37.2 Å². The van der Waals surface area contributed by atoms with Crippen LogP contribution in [0.3, 0.4) is 0 Å². The van der Waals surface area contributed by atoms with E-state index in [1.807, 2.05) is 18.5 Å². The number of hydrogen-bond donors (Lipinski definition) is 0. The number of alkyl halides is 1. The van der Waals surface area contributed by atoms with E-state index in [0.717, 1.165) is 0 Å². The highest BCUT2D eigenvalue weighted by Crippen LogP contribution is 2.25. The van der Waals surface area contributed by atoms with Gasteiger partial charge in [-0.25, -0.2) is 0 Å². The molecule has 0 aromatic carbocycles. The summed E-state index contributed by atoms with van der Waals surface area (Å²) in [5, 5.41) is 0. The van der Waals surface area contributed by atoms with E-state index in [1.54, 1.807) is 0 Å². The lowest BCUT2D eigenvalue weighted by Gasteiger charge is -2.36. The molecule has 4 heteroatoms. The van der Waals surface area contributed by atoms with Gasteiger partial charge in [0.2, 0.25) is 0 Å². The number of likely N-dealkylation sites (tertiary alicyclic amines) is 1. The molecule has 3 nitrogen and oxygen atoms in total. The van der Waals surface area contributed by atoms with Crippen molar-refractivity contribution in [2.75, 3.05) is 32.1 Å². The summed E-state index contributed by atoms with van der Waals surface area (Å²) < 4.78 is 0. The third-order valence-corrected chi connectivity index (χ3v) is 3.94. The van der Waals surface area contributed by atoms with Crippen LogP contribution in [0.5, 0.6) is 0 Å². The summed E-state index contributed by atoms with van der Waals surface area (Å²) in [7, 11) is 4.34. The summed E-state index contributed by atoms with van der Waals surface area (Å²) >= 11 is 5.98. The van der Waals surface area contributed by atoms with Crippen LogP contribution in [0.15, 0.2) is 18.5 Å². The average molecular weight is 254 g/mol. The fraction of sp³-hybridized carbons (Fsp3) is 0.615. The molecule has 1 saturated heterocycles. The van der Waals surface area contributed by atoms with Crippen molar-refractivity contribution in [3.63, 3.8) is 0 Å². The molecule has 1 aliphatic heterocycles. The minimum atomic E-state index is 0.550. The van der Waals surface area contributed by atoms with Crippen molar-refractivity contribution >= 4 is 17.3 Å². The molecule has 1 aromatic rings. The predicted molar refractivity (Wildman–Crippen MR) is 72.7 cm³/mol. The third-order valence-electron chi connectivity index (χ3n) is 3.65. The number of hydrogen-bond acceptors (Lipinski definition) is 3. The first-order valence-corrected chi connectivity index (χ1v) is 6.66. The molecule has 0 radical (unpaired) electrons. The van der Waals surface area contributed by atoms with Gasteiger partial charge in [0.15, 0.2) is 0 Å². The van der Waals surface area contributed by atoms with Gasteiger partial charge < -0.3 is 9.80 Å². The van der Waals surface area contributed by atoms with E-state index >= 15 is 0 Å². The second kappa shape index (κ2) is 5.69. The maximum Gasteiger partial charge on any atom is 0.0597 e. The normalized spacial score (nSPS) is 18.3. The quantitative estimate of drug-likeness (QED) is 0.771. The third kappa shape index (κ3) is 2.90. The molecular weight excluding hydrogens is 234 g/mol. The van der Waals surface area contributed by atoms with Crippen LogP contribution in [0, 0.1) is 0 Å². The summed E-state index contributed by atoms with van der Waals surface area (Å²) in [6.07, 6.45) is 6.16. The summed E-state index contributed by atoms with van der Waals surface area (Å²) in [4.78, 5) is 8.94. The highest BCUT2D eigenvalue weighted by atomic mass is 35.5. The molecular formula is C13H20ClN3. The monoisotopic (exact) mass is 253 g/mol. The Kier molecular flexibility index (Phi) is 4.24. The molecule has 0 N–H and O–H groups in total. The van der Waals surface area contributed by atoms with Gasteiger partial charge in [-0.3, -0.25) is 4.98 Å². The van der Waals surface area contributed by atoms with Crippen LogP contribution in [0.4, 0.5) is 5.69 Å². The van der Waals surface area contributed by atoms with Crippen molar-refractivity contribution < 1.29 is 0 Å². The number of halogens is 1. The number of anilines is 1. The zero-order valence-electron chi connectivity index (χ0n) is 10.6. The van der Waals surface area contributed by atoms with Gasteiger partial charge in [-0.1, -0.05) is 0 Å². The van der Waals surface area contributed by atoms with Crippen LogP contribution in [-0.4, -0.2) is 43.1 Å². The standard InChI is InChI=1S/C13H20ClN3/c1-16-7-4-12(5-8-16)17(2)13-10-15-6-3-11(13)9-14/h3,6,10,12H,4-5,7-9H2,1-2H3. The lowest BCUT2D eigenvalue weighted by molar-refractivity contribution is 0.252.